The minimum Gasteiger partial charge on any atom is -0.369 e. The molecule has 0 radical (unpaired) electrons. The standard InChI is InChI=1S/C34H32F3N5O2S/c35-34(36,37)26-8-4-9-27(18-26)39-33(45)40-28-17-24(32(44)38-15-14-22-6-2-1-3-7-22)12-13-30(28)41-19-23-16-25(21-41)29-10-5-11-31(43)42(29)20-23/h1-13,17-18,23,25H,14-16,19-21H2,(H,38,44)(H2,39,40,45). The highest BCUT2D eigenvalue weighted by molar-refractivity contribution is 7.80. The van der Waals surface area contributed by atoms with E-state index >= 15 is 0 Å². The van der Waals surface area contributed by atoms with E-state index in [1.54, 1.807) is 24.3 Å². The van der Waals surface area contributed by atoms with Crippen molar-refractivity contribution >= 4 is 40.3 Å². The topological polar surface area (TPSA) is 78.4 Å². The summed E-state index contributed by atoms with van der Waals surface area (Å²) in [5, 5.41) is 9.06. The average Bonchev–Trinajstić information content (AvgIpc) is 3.01. The maximum Gasteiger partial charge on any atom is 0.416 e. The lowest BCUT2D eigenvalue weighted by atomic mass is 9.83. The number of rotatable bonds is 7. The summed E-state index contributed by atoms with van der Waals surface area (Å²) in [5.41, 5.74) is 3.32. The molecular formula is C34H32F3N5O2S. The van der Waals surface area contributed by atoms with Crippen LogP contribution >= 0.6 is 12.2 Å². The van der Waals surface area contributed by atoms with E-state index in [0.717, 1.165) is 35.5 Å². The zero-order chi connectivity index (χ0) is 31.6. The van der Waals surface area contributed by atoms with Crippen molar-refractivity contribution in [1.29, 1.82) is 0 Å². The molecule has 0 aliphatic carbocycles. The molecule has 232 valence electrons. The molecule has 1 saturated heterocycles. The molecule has 1 aromatic heterocycles. The smallest absolute Gasteiger partial charge is 0.369 e. The molecule has 7 nitrogen and oxygen atoms in total. The Kier molecular flexibility index (Phi) is 8.62. The third-order valence-corrected chi connectivity index (χ3v) is 8.52. The number of carbonyl (C=O) groups is 1. The van der Waals surface area contributed by atoms with Gasteiger partial charge in [-0.2, -0.15) is 13.2 Å². The highest BCUT2D eigenvalue weighted by Crippen LogP contribution is 2.39. The number of benzene rings is 3. The van der Waals surface area contributed by atoms with E-state index in [9.17, 15) is 22.8 Å². The number of piperidine rings is 1. The molecule has 3 N–H and O–H groups in total. The molecule has 2 unspecified atom stereocenters. The van der Waals surface area contributed by atoms with Gasteiger partial charge in [0.1, 0.15) is 0 Å². The summed E-state index contributed by atoms with van der Waals surface area (Å²) in [6.07, 6.45) is -2.83. The number of hydrogen-bond acceptors (Lipinski definition) is 4. The Hall–Kier alpha value is -4.64. The second-order valence-electron chi connectivity index (χ2n) is 11.5. The first kappa shape index (κ1) is 30.4. The average molecular weight is 632 g/mol. The quantitative estimate of drug-likeness (QED) is 0.209. The highest BCUT2D eigenvalue weighted by Gasteiger charge is 2.35. The van der Waals surface area contributed by atoms with Crippen molar-refractivity contribution in [1.82, 2.24) is 9.88 Å². The van der Waals surface area contributed by atoms with Crippen LogP contribution in [0.1, 0.15) is 39.5 Å². The molecule has 2 atom stereocenters. The fraction of sp³-hybridized carbons (Fsp3) is 0.265. The normalized spacial score (nSPS) is 17.3. The minimum absolute atomic E-state index is 0.00616. The molecule has 1 fully saturated rings. The largest absolute Gasteiger partial charge is 0.416 e. The van der Waals surface area contributed by atoms with Crippen molar-refractivity contribution in [2.45, 2.75) is 31.5 Å². The monoisotopic (exact) mass is 631 g/mol. The molecule has 4 aromatic rings. The van der Waals surface area contributed by atoms with Crippen LogP contribution in [-0.2, 0) is 19.1 Å². The fourth-order valence-corrected chi connectivity index (χ4v) is 6.50. The van der Waals surface area contributed by atoms with Gasteiger partial charge in [-0.3, -0.25) is 9.59 Å². The van der Waals surface area contributed by atoms with Crippen LogP contribution in [0.5, 0.6) is 0 Å². The van der Waals surface area contributed by atoms with Crippen molar-refractivity contribution in [3.05, 3.63) is 124 Å². The van der Waals surface area contributed by atoms with E-state index in [1.165, 1.54) is 12.1 Å². The Balaban J connectivity index is 1.24. The number of aromatic nitrogens is 1. The van der Waals surface area contributed by atoms with Crippen LogP contribution in [0, 0.1) is 5.92 Å². The number of pyridine rings is 1. The van der Waals surface area contributed by atoms with E-state index in [-0.39, 0.29) is 34.1 Å². The van der Waals surface area contributed by atoms with Gasteiger partial charge in [0.15, 0.2) is 5.11 Å². The van der Waals surface area contributed by atoms with Gasteiger partial charge in [-0.05, 0) is 79.0 Å². The van der Waals surface area contributed by atoms with Gasteiger partial charge in [0.05, 0.1) is 16.9 Å². The molecule has 0 spiro atoms. The van der Waals surface area contributed by atoms with Gasteiger partial charge >= 0.3 is 6.18 Å². The molecule has 1 amide bonds. The van der Waals surface area contributed by atoms with Crippen LogP contribution in [0.2, 0.25) is 0 Å². The second kappa shape index (κ2) is 12.8. The Labute approximate surface area is 264 Å². The van der Waals surface area contributed by atoms with Crippen molar-refractivity contribution < 1.29 is 18.0 Å². The molecule has 3 aromatic carbocycles. The number of thiocarbonyl (C=S) groups is 1. The van der Waals surface area contributed by atoms with Gasteiger partial charge in [-0.25, -0.2) is 0 Å². The number of nitrogens with zero attached hydrogens (tertiary/aromatic N) is 2. The number of carbonyl (C=O) groups excluding carboxylic acids is 1. The van der Waals surface area contributed by atoms with Crippen LogP contribution in [-0.4, -0.2) is 35.2 Å². The Morgan fingerprint density at radius 2 is 1.69 bits per heavy atom. The molecule has 6 rings (SSSR count). The maximum atomic E-state index is 13.3. The molecule has 0 saturated carbocycles. The Morgan fingerprint density at radius 1 is 0.889 bits per heavy atom. The Morgan fingerprint density at radius 3 is 2.49 bits per heavy atom. The first-order chi connectivity index (χ1) is 21.6. The third kappa shape index (κ3) is 7.04. The van der Waals surface area contributed by atoms with Crippen molar-refractivity contribution in [2.75, 3.05) is 35.2 Å². The van der Waals surface area contributed by atoms with Crippen LogP contribution < -0.4 is 26.4 Å². The summed E-state index contributed by atoms with van der Waals surface area (Å²) in [5.74, 6) is 0.150. The van der Waals surface area contributed by atoms with Crippen molar-refractivity contribution in [3.8, 4) is 0 Å². The van der Waals surface area contributed by atoms with Gasteiger partial charge < -0.3 is 25.4 Å². The van der Waals surface area contributed by atoms with Crippen LogP contribution in [0.25, 0.3) is 0 Å². The van der Waals surface area contributed by atoms with Gasteiger partial charge in [0.2, 0.25) is 0 Å². The number of fused-ring (bicyclic) bond motifs is 4. The summed E-state index contributed by atoms with van der Waals surface area (Å²) >= 11 is 5.54. The van der Waals surface area contributed by atoms with Crippen LogP contribution in [0.4, 0.5) is 30.2 Å². The van der Waals surface area contributed by atoms with E-state index in [1.807, 2.05) is 47.0 Å². The summed E-state index contributed by atoms with van der Waals surface area (Å²) in [4.78, 5) is 27.9. The van der Waals surface area contributed by atoms with Gasteiger partial charge in [-0.15, -0.1) is 0 Å². The first-order valence-corrected chi connectivity index (χ1v) is 15.2. The molecule has 45 heavy (non-hydrogen) atoms. The lowest BCUT2D eigenvalue weighted by molar-refractivity contribution is -0.137. The number of amides is 1. The van der Waals surface area contributed by atoms with Gasteiger partial charge in [-0.1, -0.05) is 42.5 Å². The zero-order valence-electron chi connectivity index (χ0n) is 24.3. The van der Waals surface area contributed by atoms with Crippen LogP contribution in [0.15, 0.2) is 95.8 Å². The van der Waals surface area contributed by atoms with E-state index < -0.39 is 11.7 Å². The van der Waals surface area contributed by atoms with Crippen molar-refractivity contribution in [3.63, 3.8) is 0 Å². The lowest BCUT2D eigenvalue weighted by Gasteiger charge is -2.44. The highest BCUT2D eigenvalue weighted by atomic mass is 32.1. The first-order valence-electron chi connectivity index (χ1n) is 14.8. The number of alkyl halides is 3. The molecule has 2 aliphatic rings. The SMILES string of the molecule is O=C(NCCc1ccccc1)c1ccc(N2CC3CC(C2)c2cccc(=O)n2C3)c(NC(=S)Nc2cccc(C(F)(F)F)c2)c1. The Bertz CT molecular complexity index is 1780. The van der Waals surface area contributed by atoms with Crippen LogP contribution in [0.3, 0.4) is 0 Å². The van der Waals surface area contributed by atoms with E-state index in [2.05, 4.69) is 20.9 Å². The number of halogens is 3. The van der Waals surface area contributed by atoms with Gasteiger partial charge in [0.25, 0.3) is 11.5 Å². The summed E-state index contributed by atoms with van der Waals surface area (Å²) in [6.45, 7) is 2.44. The molecule has 2 aliphatic heterocycles. The third-order valence-electron chi connectivity index (χ3n) is 8.32. The number of nitrogens with one attached hydrogen (secondary N) is 3. The molecule has 3 heterocycles. The predicted octanol–water partition coefficient (Wildman–Crippen LogP) is 6.27. The van der Waals surface area contributed by atoms with E-state index in [4.69, 9.17) is 12.2 Å². The summed E-state index contributed by atoms with van der Waals surface area (Å²) in [7, 11) is 0. The minimum atomic E-state index is -4.49. The van der Waals surface area contributed by atoms with Gasteiger partial charge in [0, 0.05) is 55.1 Å². The number of hydrogen-bond donors (Lipinski definition) is 3. The second-order valence-corrected chi connectivity index (χ2v) is 11.9. The summed E-state index contributed by atoms with van der Waals surface area (Å²) in [6, 6.07) is 25.4. The molecular weight excluding hydrogens is 599 g/mol. The summed E-state index contributed by atoms with van der Waals surface area (Å²) < 4.78 is 41.7. The lowest BCUT2D eigenvalue weighted by Crippen LogP contribution is -2.47. The van der Waals surface area contributed by atoms with Crippen molar-refractivity contribution in [2.24, 2.45) is 5.92 Å². The number of anilines is 3. The predicted molar refractivity (Wildman–Crippen MR) is 174 cm³/mol. The maximum absolute atomic E-state index is 13.3. The van der Waals surface area contributed by atoms with E-state index in [0.29, 0.717) is 43.9 Å². The fourth-order valence-electron chi connectivity index (χ4n) is 6.27. The molecule has 2 bridgehead atoms. The molecule has 11 heteroatoms. The zero-order valence-corrected chi connectivity index (χ0v) is 25.1.